The Kier molecular flexibility index (Phi) is 10.1. The molecule has 1 atom stereocenters. The molecule has 0 unspecified atom stereocenters. The lowest BCUT2D eigenvalue weighted by atomic mass is 10.1. The molecule has 1 N–H and O–H groups in total. The van der Waals surface area contributed by atoms with E-state index in [-0.39, 0.29) is 31.6 Å². The number of aromatic nitrogens is 1. The van der Waals surface area contributed by atoms with Crippen molar-refractivity contribution in [2.45, 2.75) is 72.9 Å². The zero-order chi connectivity index (χ0) is 22.0. The maximum atomic E-state index is 12.8. The Morgan fingerprint density at radius 2 is 1.76 bits per heavy atom. The minimum absolute atomic E-state index is 0.0261. The minimum atomic E-state index is -1.04. The summed E-state index contributed by atoms with van der Waals surface area (Å²) in [5, 5.41) is 2.55. The quantitative estimate of drug-likeness (QED) is 0.563. The van der Waals surface area contributed by atoms with Crippen LogP contribution in [0, 0.1) is 13.8 Å². The molecule has 0 radical (unpaired) electrons. The third kappa shape index (κ3) is 7.03. The topological polar surface area (TPSA) is 104 Å². The average Bonchev–Trinajstić information content (AvgIpc) is 2.68. The maximum absolute atomic E-state index is 12.8. The minimum Gasteiger partial charge on any atom is -0.466 e. The molecule has 0 aliphatic rings. The van der Waals surface area contributed by atoms with Crippen LogP contribution < -0.4 is 10.9 Å². The van der Waals surface area contributed by atoms with E-state index in [9.17, 15) is 19.2 Å². The van der Waals surface area contributed by atoms with Crippen molar-refractivity contribution in [3.63, 3.8) is 0 Å². The fourth-order valence-electron chi connectivity index (χ4n) is 2.86. The van der Waals surface area contributed by atoms with Crippen LogP contribution in [0.5, 0.6) is 0 Å². The monoisotopic (exact) mass is 408 g/mol. The number of rotatable bonds is 11. The molecule has 1 aromatic rings. The second-order valence-corrected chi connectivity index (χ2v) is 6.76. The second kappa shape index (κ2) is 12.0. The Balaban J connectivity index is 3.09. The molecular formula is C21H32N2O6. The van der Waals surface area contributed by atoms with Gasteiger partial charge in [0.25, 0.3) is 11.5 Å². The van der Waals surface area contributed by atoms with Crippen molar-refractivity contribution in [2.75, 3.05) is 13.2 Å². The summed E-state index contributed by atoms with van der Waals surface area (Å²) in [6, 6.07) is 0.486. The average molecular weight is 408 g/mol. The molecule has 0 aliphatic carbocycles. The molecule has 29 heavy (non-hydrogen) atoms. The van der Waals surface area contributed by atoms with Crippen LogP contribution in [0.1, 0.15) is 68.1 Å². The number of amides is 1. The number of nitrogens with one attached hydrogen (secondary N) is 1. The molecule has 1 amide bonds. The van der Waals surface area contributed by atoms with Gasteiger partial charge in [-0.3, -0.25) is 14.4 Å². The number of ether oxygens (including phenoxy) is 2. The van der Waals surface area contributed by atoms with Crippen molar-refractivity contribution in [2.24, 2.45) is 0 Å². The van der Waals surface area contributed by atoms with Gasteiger partial charge in [0, 0.05) is 18.7 Å². The van der Waals surface area contributed by atoms with Crippen LogP contribution in [0.25, 0.3) is 0 Å². The number of hydrogen-bond acceptors (Lipinski definition) is 6. The van der Waals surface area contributed by atoms with Crippen LogP contribution in [0.2, 0.25) is 0 Å². The van der Waals surface area contributed by atoms with Crippen molar-refractivity contribution in [3.8, 4) is 0 Å². The molecule has 0 aromatic carbocycles. The van der Waals surface area contributed by atoms with E-state index in [0.29, 0.717) is 6.54 Å². The Morgan fingerprint density at radius 3 is 2.34 bits per heavy atom. The third-order valence-corrected chi connectivity index (χ3v) is 4.61. The predicted molar refractivity (Wildman–Crippen MR) is 109 cm³/mol. The number of esters is 2. The van der Waals surface area contributed by atoms with Gasteiger partial charge in [-0.25, -0.2) is 4.79 Å². The fourth-order valence-corrected chi connectivity index (χ4v) is 2.86. The smallest absolute Gasteiger partial charge is 0.328 e. The van der Waals surface area contributed by atoms with Crippen LogP contribution in [-0.4, -0.2) is 41.7 Å². The first-order valence-corrected chi connectivity index (χ1v) is 10.1. The SMILES string of the molecule is CCCCn1c(C)c(C)cc(C(=O)N[C@@H](CCC(=O)OCC)C(=O)OCC)c1=O. The summed E-state index contributed by atoms with van der Waals surface area (Å²) in [7, 11) is 0. The van der Waals surface area contributed by atoms with Gasteiger partial charge >= 0.3 is 11.9 Å². The van der Waals surface area contributed by atoms with Crippen molar-refractivity contribution >= 4 is 17.8 Å². The molecule has 8 nitrogen and oxygen atoms in total. The van der Waals surface area contributed by atoms with E-state index >= 15 is 0 Å². The van der Waals surface area contributed by atoms with Gasteiger partial charge in [-0.05, 0) is 52.2 Å². The molecule has 1 heterocycles. The highest BCUT2D eigenvalue weighted by molar-refractivity contribution is 5.96. The first-order chi connectivity index (χ1) is 13.8. The molecule has 8 heteroatoms. The first kappa shape index (κ1) is 24.4. The Hall–Kier alpha value is -2.64. The number of carbonyl (C=O) groups excluding carboxylic acids is 3. The van der Waals surface area contributed by atoms with Gasteiger partial charge in [0.2, 0.25) is 0 Å². The number of hydrogen-bond donors (Lipinski definition) is 1. The Bertz CT molecular complexity index is 784. The van der Waals surface area contributed by atoms with E-state index < -0.39 is 29.4 Å². The summed E-state index contributed by atoms with van der Waals surface area (Å²) in [5.41, 5.74) is 1.19. The largest absolute Gasteiger partial charge is 0.466 e. The van der Waals surface area contributed by atoms with Crippen LogP contribution in [0.15, 0.2) is 10.9 Å². The summed E-state index contributed by atoms with van der Waals surface area (Å²) < 4.78 is 11.4. The zero-order valence-corrected chi connectivity index (χ0v) is 18.0. The van der Waals surface area contributed by atoms with E-state index in [1.807, 2.05) is 20.8 Å². The van der Waals surface area contributed by atoms with Gasteiger partial charge in [-0.2, -0.15) is 0 Å². The maximum Gasteiger partial charge on any atom is 0.328 e. The first-order valence-electron chi connectivity index (χ1n) is 10.1. The van der Waals surface area contributed by atoms with Crippen LogP contribution in [-0.2, 0) is 25.6 Å². The normalized spacial score (nSPS) is 11.6. The van der Waals surface area contributed by atoms with E-state index in [1.165, 1.54) is 6.07 Å². The molecule has 0 aliphatic heterocycles. The summed E-state index contributed by atoms with van der Waals surface area (Å²) in [4.78, 5) is 49.5. The van der Waals surface area contributed by atoms with E-state index in [1.54, 1.807) is 18.4 Å². The number of unbranched alkanes of at least 4 members (excludes halogenated alkanes) is 1. The molecular weight excluding hydrogens is 376 g/mol. The summed E-state index contributed by atoms with van der Waals surface area (Å²) in [6.45, 7) is 9.92. The van der Waals surface area contributed by atoms with Gasteiger partial charge in [0.1, 0.15) is 11.6 Å². The van der Waals surface area contributed by atoms with E-state index in [0.717, 1.165) is 24.1 Å². The number of pyridine rings is 1. The third-order valence-electron chi connectivity index (χ3n) is 4.61. The molecule has 1 aromatic heterocycles. The highest BCUT2D eigenvalue weighted by Gasteiger charge is 2.26. The number of nitrogens with zero attached hydrogens (tertiary/aromatic N) is 1. The Labute approximate surface area is 171 Å². The zero-order valence-electron chi connectivity index (χ0n) is 18.0. The summed E-state index contributed by atoms with van der Waals surface area (Å²) >= 11 is 0. The van der Waals surface area contributed by atoms with Crippen molar-refractivity contribution in [1.82, 2.24) is 9.88 Å². The van der Waals surface area contributed by atoms with Gasteiger partial charge < -0.3 is 19.4 Å². The highest BCUT2D eigenvalue weighted by Crippen LogP contribution is 2.10. The lowest BCUT2D eigenvalue weighted by molar-refractivity contribution is -0.146. The van der Waals surface area contributed by atoms with Crippen LogP contribution in [0.3, 0.4) is 0 Å². The predicted octanol–water partition coefficient (Wildman–Crippen LogP) is 2.27. The van der Waals surface area contributed by atoms with E-state index in [4.69, 9.17) is 9.47 Å². The molecule has 0 saturated carbocycles. The summed E-state index contributed by atoms with van der Waals surface area (Å²) in [5.74, 6) is -1.78. The van der Waals surface area contributed by atoms with Gasteiger partial charge in [-0.1, -0.05) is 13.3 Å². The molecule has 0 spiro atoms. The highest BCUT2D eigenvalue weighted by atomic mass is 16.5. The Morgan fingerprint density at radius 1 is 1.10 bits per heavy atom. The standard InChI is InChI=1S/C21H32N2O6/c1-6-9-12-23-15(5)14(4)13-16(20(23)26)19(25)22-17(21(27)29-8-3)10-11-18(24)28-7-2/h13,17H,6-12H2,1-5H3,(H,22,25)/t17-/m0/s1. The van der Waals surface area contributed by atoms with Crippen LogP contribution >= 0.6 is 0 Å². The van der Waals surface area contributed by atoms with Gasteiger partial charge in [-0.15, -0.1) is 0 Å². The number of aryl methyl sites for hydroxylation is 1. The van der Waals surface area contributed by atoms with Crippen molar-refractivity contribution in [1.29, 1.82) is 0 Å². The fraction of sp³-hybridized carbons (Fsp3) is 0.619. The lowest BCUT2D eigenvalue weighted by Gasteiger charge is -2.18. The molecule has 0 saturated heterocycles. The molecule has 0 bridgehead atoms. The molecule has 0 fully saturated rings. The second-order valence-electron chi connectivity index (χ2n) is 6.76. The van der Waals surface area contributed by atoms with Gasteiger partial charge in [0.05, 0.1) is 13.2 Å². The number of carbonyl (C=O) groups is 3. The summed E-state index contributed by atoms with van der Waals surface area (Å²) in [6.07, 6.45) is 1.71. The van der Waals surface area contributed by atoms with E-state index in [2.05, 4.69) is 5.32 Å². The van der Waals surface area contributed by atoms with Crippen molar-refractivity contribution in [3.05, 3.63) is 33.2 Å². The van der Waals surface area contributed by atoms with Gasteiger partial charge in [0.15, 0.2) is 0 Å². The lowest BCUT2D eigenvalue weighted by Crippen LogP contribution is -2.44. The molecule has 1 rings (SSSR count). The molecule has 162 valence electrons. The van der Waals surface area contributed by atoms with Crippen molar-refractivity contribution < 1.29 is 23.9 Å². The van der Waals surface area contributed by atoms with Crippen LogP contribution in [0.4, 0.5) is 0 Å².